The summed E-state index contributed by atoms with van der Waals surface area (Å²) in [4.78, 5) is 12.8. The van der Waals surface area contributed by atoms with E-state index >= 15 is 0 Å². The molecule has 168 valence electrons. The smallest absolute Gasteiger partial charge is 0.271 e. The molecule has 1 N–H and O–H groups in total. The second kappa shape index (κ2) is 9.63. The van der Waals surface area contributed by atoms with Crippen LogP contribution < -0.4 is 9.04 Å². The van der Waals surface area contributed by atoms with Gasteiger partial charge < -0.3 is 14.7 Å². The molecule has 0 amide bonds. The Morgan fingerprint density at radius 3 is 2.42 bits per heavy atom. The lowest BCUT2D eigenvalue weighted by Crippen LogP contribution is -2.42. The Bertz CT molecular complexity index is 1020. The molecule has 10 heteroatoms. The number of sulfonamides is 1. The maximum Gasteiger partial charge on any atom is 0.271 e. The standard InChI is InChI=1S/C21H27N3O6S/c1-16-5-8-19(9-6-16)31(28,29)23(15-18(25)14-22-11-3-4-12-22)20-13-17(24(26)27)7-10-21(20)30-2/h5-10,13,18,25H,3-4,11-12,14-15H2,1-2H3/t18-/m0/s1. The number of β-amino-alcohol motifs (C(OH)–C–C–N with tert-alkyl or cyclic N) is 1. The minimum atomic E-state index is -4.12. The molecule has 0 spiro atoms. The van der Waals surface area contributed by atoms with Crippen molar-refractivity contribution in [3.8, 4) is 5.75 Å². The predicted molar refractivity (Wildman–Crippen MR) is 117 cm³/mol. The average molecular weight is 450 g/mol. The number of non-ortho nitro benzene ring substituents is 1. The molecule has 2 aromatic rings. The minimum absolute atomic E-state index is 0.0118. The van der Waals surface area contributed by atoms with Crippen LogP contribution in [0.3, 0.4) is 0 Å². The van der Waals surface area contributed by atoms with E-state index in [2.05, 4.69) is 4.90 Å². The van der Waals surface area contributed by atoms with Gasteiger partial charge in [0.2, 0.25) is 0 Å². The second-order valence-corrected chi connectivity index (χ2v) is 9.49. The zero-order valence-corrected chi connectivity index (χ0v) is 18.4. The molecule has 2 aromatic carbocycles. The van der Waals surface area contributed by atoms with E-state index in [-0.39, 0.29) is 28.6 Å². The number of methoxy groups -OCH3 is 1. The Morgan fingerprint density at radius 1 is 1.19 bits per heavy atom. The van der Waals surface area contributed by atoms with Gasteiger partial charge in [0.15, 0.2) is 0 Å². The number of aliphatic hydroxyl groups is 1. The number of aryl methyl sites for hydroxylation is 1. The Kier molecular flexibility index (Phi) is 7.14. The quantitative estimate of drug-likeness (QED) is 0.462. The molecule has 1 aliphatic heterocycles. The molecule has 1 heterocycles. The van der Waals surface area contributed by atoms with Crippen LogP contribution in [0.4, 0.5) is 11.4 Å². The number of benzene rings is 2. The predicted octanol–water partition coefficient (Wildman–Crippen LogP) is 2.56. The normalized spacial score (nSPS) is 15.6. The summed E-state index contributed by atoms with van der Waals surface area (Å²) in [6.07, 6.45) is 1.09. The molecular weight excluding hydrogens is 422 g/mol. The van der Waals surface area contributed by atoms with Crippen molar-refractivity contribution < 1.29 is 23.2 Å². The molecule has 1 fully saturated rings. The van der Waals surface area contributed by atoms with Crippen LogP contribution in [0.15, 0.2) is 47.4 Å². The number of rotatable bonds is 9. The average Bonchev–Trinajstić information content (AvgIpc) is 3.24. The molecule has 0 aromatic heterocycles. The Morgan fingerprint density at radius 2 is 1.84 bits per heavy atom. The maximum atomic E-state index is 13.5. The zero-order chi connectivity index (χ0) is 22.6. The highest BCUT2D eigenvalue weighted by Crippen LogP contribution is 2.36. The molecule has 0 bridgehead atoms. The Labute approximate surface area is 182 Å². The van der Waals surface area contributed by atoms with Crippen molar-refractivity contribution in [1.82, 2.24) is 4.90 Å². The first-order valence-corrected chi connectivity index (χ1v) is 11.5. The van der Waals surface area contributed by atoms with Crippen LogP contribution >= 0.6 is 0 Å². The third-order valence-corrected chi connectivity index (χ3v) is 7.09. The minimum Gasteiger partial charge on any atom is -0.495 e. The topological polar surface area (TPSA) is 113 Å². The van der Waals surface area contributed by atoms with Crippen molar-refractivity contribution in [2.24, 2.45) is 0 Å². The van der Waals surface area contributed by atoms with Crippen LogP contribution in [0.2, 0.25) is 0 Å². The number of hydrogen-bond donors (Lipinski definition) is 1. The number of ether oxygens (including phenoxy) is 1. The first-order chi connectivity index (χ1) is 14.7. The van der Waals surface area contributed by atoms with Crippen molar-refractivity contribution in [3.63, 3.8) is 0 Å². The molecule has 1 saturated heterocycles. The van der Waals surface area contributed by atoms with Gasteiger partial charge in [0.1, 0.15) is 11.4 Å². The number of aliphatic hydroxyl groups excluding tert-OH is 1. The summed E-state index contributed by atoms with van der Waals surface area (Å²) in [5.74, 6) is 0.162. The lowest BCUT2D eigenvalue weighted by atomic mass is 10.2. The number of hydrogen-bond acceptors (Lipinski definition) is 7. The summed E-state index contributed by atoms with van der Waals surface area (Å²) >= 11 is 0. The van der Waals surface area contributed by atoms with Gasteiger partial charge >= 0.3 is 0 Å². The van der Waals surface area contributed by atoms with Crippen LogP contribution in [0.1, 0.15) is 18.4 Å². The van der Waals surface area contributed by atoms with Crippen LogP contribution in [0.25, 0.3) is 0 Å². The van der Waals surface area contributed by atoms with E-state index < -0.39 is 21.1 Å². The van der Waals surface area contributed by atoms with Gasteiger partial charge in [0.25, 0.3) is 15.7 Å². The van der Waals surface area contributed by atoms with E-state index in [1.807, 2.05) is 6.92 Å². The second-order valence-electron chi connectivity index (χ2n) is 7.62. The monoisotopic (exact) mass is 449 g/mol. The van der Waals surface area contributed by atoms with E-state index in [4.69, 9.17) is 4.74 Å². The SMILES string of the molecule is COc1ccc([N+](=O)[O-])cc1N(C[C@@H](O)CN1CCCC1)S(=O)(=O)c1ccc(C)cc1. The molecule has 0 saturated carbocycles. The Hall–Kier alpha value is -2.69. The van der Waals surface area contributed by atoms with E-state index in [1.165, 1.54) is 31.4 Å². The first kappa shape index (κ1) is 23.0. The first-order valence-electron chi connectivity index (χ1n) is 10.0. The third kappa shape index (κ3) is 5.33. The molecule has 1 aliphatic rings. The third-order valence-electron chi connectivity index (χ3n) is 5.30. The zero-order valence-electron chi connectivity index (χ0n) is 17.6. The fourth-order valence-corrected chi connectivity index (χ4v) is 5.17. The van der Waals surface area contributed by atoms with Gasteiger partial charge in [-0.2, -0.15) is 0 Å². The summed E-state index contributed by atoms with van der Waals surface area (Å²) in [6, 6.07) is 10.1. The van der Waals surface area contributed by atoms with Gasteiger partial charge in [-0.1, -0.05) is 17.7 Å². The van der Waals surface area contributed by atoms with E-state index in [0.717, 1.165) is 41.9 Å². The molecule has 9 nitrogen and oxygen atoms in total. The molecular formula is C21H27N3O6S. The van der Waals surface area contributed by atoms with Gasteiger partial charge in [-0.15, -0.1) is 0 Å². The van der Waals surface area contributed by atoms with Crippen molar-refractivity contribution in [3.05, 3.63) is 58.1 Å². The Balaban J connectivity index is 2.04. The number of nitro benzene ring substituents is 1. The molecule has 0 radical (unpaired) electrons. The van der Waals surface area contributed by atoms with Crippen molar-refractivity contribution in [2.45, 2.75) is 30.8 Å². The number of anilines is 1. The fraction of sp³-hybridized carbons (Fsp3) is 0.429. The van der Waals surface area contributed by atoms with E-state index in [0.29, 0.717) is 6.54 Å². The van der Waals surface area contributed by atoms with E-state index in [9.17, 15) is 23.6 Å². The molecule has 31 heavy (non-hydrogen) atoms. The van der Waals surface area contributed by atoms with E-state index in [1.54, 1.807) is 12.1 Å². The highest BCUT2D eigenvalue weighted by Gasteiger charge is 2.31. The van der Waals surface area contributed by atoms with Crippen molar-refractivity contribution >= 4 is 21.4 Å². The lowest BCUT2D eigenvalue weighted by Gasteiger charge is -2.29. The number of nitro groups is 1. The van der Waals surface area contributed by atoms with Crippen LogP contribution in [-0.4, -0.2) is 62.7 Å². The highest BCUT2D eigenvalue weighted by molar-refractivity contribution is 7.92. The summed E-state index contributed by atoms with van der Waals surface area (Å²) in [7, 11) is -2.76. The lowest BCUT2D eigenvalue weighted by molar-refractivity contribution is -0.384. The number of likely N-dealkylation sites (tertiary alicyclic amines) is 1. The molecule has 0 aliphatic carbocycles. The van der Waals surface area contributed by atoms with Gasteiger partial charge in [0.05, 0.1) is 29.6 Å². The van der Waals surface area contributed by atoms with Crippen molar-refractivity contribution in [2.75, 3.05) is 37.6 Å². The van der Waals surface area contributed by atoms with Gasteiger partial charge in [-0.3, -0.25) is 14.4 Å². The molecule has 1 atom stereocenters. The van der Waals surface area contributed by atoms with Gasteiger partial charge in [-0.05, 0) is 51.1 Å². The van der Waals surface area contributed by atoms with Crippen LogP contribution in [0.5, 0.6) is 5.75 Å². The molecule has 0 unspecified atom stereocenters. The van der Waals surface area contributed by atoms with Crippen LogP contribution in [-0.2, 0) is 10.0 Å². The fourth-order valence-electron chi connectivity index (χ4n) is 3.66. The molecule has 3 rings (SSSR count). The number of nitrogens with zero attached hydrogens (tertiary/aromatic N) is 3. The summed E-state index contributed by atoms with van der Waals surface area (Å²) in [5.41, 5.74) is 0.638. The highest BCUT2D eigenvalue weighted by atomic mass is 32.2. The van der Waals surface area contributed by atoms with Gasteiger partial charge in [-0.25, -0.2) is 8.42 Å². The van der Waals surface area contributed by atoms with Gasteiger partial charge in [0, 0.05) is 18.7 Å². The van der Waals surface area contributed by atoms with Crippen LogP contribution in [0, 0.1) is 17.0 Å². The largest absolute Gasteiger partial charge is 0.495 e. The summed E-state index contributed by atoms with van der Waals surface area (Å²) in [5, 5.41) is 22.0. The van der Waals surface area contributed by atoms with Crippen molar-refractivity contribution in [1.29, 1.82) is 0 Å². The summed E-state index contributed by atoms with van der Waals surface area (Å²) in [6.45, 7) is 3.60. The maximum absolute atomic E-state index is 13.5. The summed E-state index contributed by atoms with van der Waals surface area (Å²) < 4.78 is 33.4.